The molecule has 88 valence electrons. The topological polar surface area (TPSA) is 40.5 Å². The van der Waals surface area contributed by atoms with Gasteiger partial charge in [0.2, 0.25) is 5.91 Å². The molecule has 1 heterocycles. The quantitative estimate of drug-likeness (QED) is 0.729. The third-order valence-corrected chi connectivity index (χ3v) is 3.80. The van der Waals surface area contributed by atoms with E-state index in [2.05, 4.69) is 6.92 Å². The van der Waals surface area contributed by atoms with Gasteiger partial charge in [-0.3, -0.25) is 4.79 Å². The lowest BCUT2D eigenvalue weighted by Crippen LogP contribution is -2.44. The second-order valence-corrected chi connectivity index (χ2v) is 5.03. The lowest BCUT2D eigenvalue weighted by Gasteiger charge is -2.35. The van der Waals surface area contributed by atoms with Crippen LogP contribution in [0.15, 0.2) is 0 Å². The molecule has 0 spiro atoms. The van der Waals surface area contributed by atoms with E-state index >= 15 is 0 Å². The Morgan fingerprint density at radius 1 is 1.53 bits per heavy atom. The molecule has 0 aromatic rings. The van der Waals surface area contributed by atoms with Gasteiger partial charge in [0.25, 0.3) is 0 Å². The lowest BCUT2D eigenvalue weighted by atomic mass is 10.0. The van der Waals surface area contributed by atoms with E-state index in [1.165, 1.54) is 18.2 Å². The second kappa shape index (κ2) is 7.12. The fraction of sp³-hybridized carbons (Fsp3) is 0.909. The number of carbonyl (C=O) groups excluding carboxylic acids is 1. The van der Waals surface area contributed by atoms with Crippen molar-refractivity contribution in [1.29, 1.82) is 0 Å². The minimum atomic E-state index is 0.162. The van der Waals surface area contributed by atoms with E-state index in [0.717, 1.165) is 25.8 Å². The Kier molecular flexibility index (Phi) is 6.10. The maximum absolute atomic E-state index is 11.9. The molecule has 0 aliphatic carbocycles. The summed E-state index contributed by atoms with van der Waals surface area (Å²) in [6.07, 6.45) is 4.63. The Bertz CT molecular complexity index is 199. The smallest absolute Gasteiger partial charge is 0.232 e. The number of piperidine rings is 1. The van der Waals surface area contributed by atoms with Gasteiger partial charge in [-0.1, -0.05) is 6.92 Å². The van der Waals surface area contributed by atoms with Gasteiger partial charge in [0.05, 0.1) is 12.4 Å². The van der Waals surface area contributed by atoms with Crippen LogP contribution in [0.3, 0.4) is 0 Å². The van der Waals surface area contributed by atoms with Crippen LogP contribution in [0.2, 0.25) is 0 Å². The van der Waals surface area contributed by atoms with E-state index in [4.69, 9.17) is 5.11 Å². The first-order valence-corrected chi connectivity index (χ1v) is 6.93. The molecule has 3 nitrogen and oxygen atoms in total. The van der Waals surface area contributed by atoms with Crippen molar-refractivity contribution in [3.05, 3.63) is 0 Å². The Hall–Kier alpha value is -0.220. The minimum absolute atomic E-state index is 0.162. The summed E-state index contributed by atoms with van der Waals surface area (Å²) in [5.41, 5.74) is 0. The highest BCUT2D eigenvalue weighted by molar-refractivity contribution is 7.99. The number of aliphatic hydroxyl groups excluding tert-OH is 1. The fourth-order valence-corrected chi connectivity index (χ4v) is 2.67. The van der Waals surface area contributed by atoms with Crippen molar-refractivity contribution >= 4 is 17.7 Å². The van der Waals surface area contributed by atoms with Crippen LogP contribution >= 0.6 is 11.8 Å². The zero-order valence-electron chi connectivity index (χ0n) is 9.45. The third-order valence-electron chi connectivity index (χ3n) is 2.88. The van der Waals surface area contributed by atoms with Crippen LogP contribution in [0.5, 0.6) is 0 Å². The first kappa shape index (κ1) is 12.8. The largest absolute Gasteiger partial charge is 0.396 e. The molecule has 0 bridgehead atoms. The van der Waals surface area contributed by atoms with Gasteiger partial charge in [-0.25, -0.2) is 0 Å². The van der Waals surface area contributed by atoms with Crippen LogP contribution in [0.4, 0.5) is 0 Å². The van der Waals surface area contributed by atoms with Crippen molar-refractivity contribution < 1.29 is 9.90 Å². The molecular weight excluding hydrogens is 210 g/mol. The summed E-state index contributed by atoms with van der Waals surface area (Å²) in [5, 5.41) is 8.64. The van der Waals surface area contributed by atoms with Gasteiger partial charge >= 0.3 is 0 Å². The monoisotopic (exact) mass is 231 g/mol. The highest BCUT2D eigenvalue weighted by Gasteiger charge is 2.24. The first-order chi connectivity index (χ1) is 7.29. The molecule has 1 fully saturated rings. The van der Waals surface area contributed by atoms with E-state index in [0.29, 0.717) is 17.5 Å². The van der Waals surface area contributed by atoms with Crippen LogP contribution in [0, 0.1) is 0 Å². The van der Waals surface area contributed by atoms with Crippen molar-refractivity contribution in [3.63, 3.8) is 0 Å². The summed E-state index contributed by atoms with van der Waals surface area (Å²) in [6, 6.07) is 0.459. The SMILES string of the molecule is CCC1CCCCN1C(=O)CSCCO. The number of likely N-dealkylation sites (tertiary alicyclic amines) is 1. The average molecular weight is 231 g/mol. The third kappa shape index (κ3) is 4.03. The minimum Gasteiger partial charge on any atom is -0.396 e. The first-order valence-electron chi connectivity index (χ1n) is 5.77. The summed E-state index contributed by atoms with van der Waals surface area (Å²) in [5.74, 6) is 1.44. The maximum atomic E-state index is 11.9. The van der Waals surface area contributed by atoms with Crippen LogP contribution in [-0.2, 0) is 4.79 Å². The van der Waals surface area contributed by atoms with Crippen molar-refractivity contribution in [2.24, 2.45) is 0 Å². The number of hydrogen-bond donors (Lipinski definition) is 1. The van der Waals surface area contributed by atoms with Gasteiger partial charge in [0.15, 0.2) is 0 Å². The molecule has 0 saturated carbocycles. The number of amides is 1. The van der Waals surface area contributed by atoms with Gasteiger partial charge in [-0.2, -0.15) is 0 Å². The van der Waals surface area contributed by atoms with Crippen LogP contribution in [0.25, 0.3) is 0 Å². The van der Waals surface area contributed by atoms with Crippen molar-refractivity contribution in [1.82, 2.24) is 4.90 Å². The summed E-state index contributed by atoms with van der Waals surface area (Å²) in [7, 11) is 0. The lowest BCUT2D eigenvalue weighted by molar-refractivity contribution is -0.132. The van der Waals surface area contributed by atoms with Crippen molar-refractivity contribution in [2.75, 3.05) is 24.7 Å². The standard InChI is InChI=1S/C11H21NO2S/c1-2-10-5-3-4-6-12(10)11(14)9-15-8-7-13/h10,13H,2-9H2,1H3. The average Bonchev–Trinajstić information content (AvgIpc) is 2.29. The van der Waals surface area contributed by atoms with E-state index < -0.39 is 0 Å². The van der Waals surface area contributed by atoms with Crippen LogP contribution in [0.1, 0.15) is 32.6 Å². The van der Waals surface area contributed by atoms with Crippen LogP contribution < -0.4 is 0 Å². The Labute approximate surface area is 96.2 Å². The summed E-state index contributed by atoms with van der Waals surface area (Å²) < 4.78 is 0. The molecule has 1 saturated heterocycles. The van der Waals surface area contributed by atoms with Gasteiger partial charge in [-0.15, -0.1) is 11.8 Å². The molecular formula is C11H21NO2S. The molecule has 1 amide bonds. The Morgan fingerprint density at radius 2 is 2.33 bits per heavy atom. The zero-order chi connectivity index (χ0) is 11.1. The number of hydrogen-bond acceptors (Lipinski definition) is 3. The molecule has 1 aliphatic rings. The molecule has 0 aromatic heterocycles. The predicted octanol–water partition coefficient (Wildman–Crippen LogP) is 1.50. The molecule has 1 unspecified atom stereocenters. The molecule has 1 N–H and O–H groups in total. The normalized spacial score (nSPS) is 21.7. The second-order valence-electron chi connectivity index (χ2n) is 3.92. The number of carbonyl (C=O) groups is 1. The fourth-order valence-electron chi connectivity index (χ4n) is 2.06. The van der Waals surface area contributed by atoms with Gasteiger partial charge in [0, 0.05) is 18.3 Å². The molecule has 0 radical (unpaired) electrons. The highest BCUT2D eigenvalue weighted by atomic mass is 32.2. The Morgan fingerprint density at radius 3 is 3.00 bits per heavy atom. The number of nitrogens with zero attached hydrogens (tertiary/aromatic N) is 1. The number of thioether (sulfide) groups is 1. The van der Waals surface area contributed by atoms with Crippen LogP contribution in [-0.4, -0.2) is 46.6 Å². The maximum Gasteiger partial charge on any atom is 0.232 e. The summed E-state index contributed by atoms with van der Waals surface area (Å²) in [6.45, 7) is 3.24. The molecule has 1 aliphatic heterocycles. The van der Waals surface area contributed by atoms with Crippen molar-refractivity contribution in [2.45, 2.75) is 38.6 Å². The molecule has 1 rings (SSSR count). The van der Waals surface area contributed by atoms with E-state index in [-0.39, 0.29) is 12.5 Å². The summed E-state index contributed by atoms with van der Waals surface area (Å²) >= 11 is 1.53. The number of aliphatic hydroxyl groups is 1. The number of rotatable bonds is 5. The molecule has 0 aromatic carbocycles. The van der Waals surface area contributed by atoms with Gasteiger partial charge < -0.3 is 10.0 Å². The summed E-state index contributed by atoms with van der Waals surface area (Å²) in [4.78, 5) is 13.9. The predicted molar refractivity (Wildman–Crippen MR) is 64.1 cm³/mol. The molecule has 1 atom stereocenters. The van der Waals surface area contributed by atoms with E-state index in [9.17, 15) is 4.79 Å². The van der Waals surface area contributed by atoms with E-state index in [1.54, 1.807) is 0 Å². The highest BCUT2D eigenvalue weighted by Crippen LogP contribution is 2.20. The molecule has 15 heavy (non-hydrogen) atoms. The van der Waals surface area contributed by atoms with E-state index in [1.807, 2.05) is 4.90 Å². The van der Waals surface area contributed by atoms with Gasteiger partial charge in [-0.05, 0) is 25.7 Å². The zero-order valence-corrected chi connectivity index (χ0v) is 10.3. The van der Waals surface area contributed by atoms with Crippen molar-refractivity contribution in [3.8, 4) is 0 Å². The Balaban J connectivity index is 2.34. The van der Waals surface area contributed by atoms with Gasteiger partial charge in [0.1, 0.15) is 0 Å². The molecule has 4 heteroatoms.